The number of aliphatic hydroxyl groups is 1. The average Bonchev–Trinajstić information content (AvgIpc) is 2.66. The van der Waals surface area contributed by atoms with Crippen molar-refractivity contribution in [3.8, 4) is 0 Å². The van der Waals surface area contributed by atoms with E-state index in [2.05, 4.69) is 0 Å². The van der Waals surface area contributed by atoms with Gasteiger partial charge < -0.3 is 10.8 Å². The maximum atomic E-state index is 11.0. The van der Waals surface area contributed by atoms with Gasteiger partial charge in [-0.2, -0.15) is 0 Å². The Labute approximate surface area is 124 Å². The number of aryl methyl sites for hydroxylation is 1. The first-order valence-electron chi connectivity index (χ1n) is 6.82. The Morgan fingerprint density at radius 3 is 2.80 bits per heavy atom. The molecule has 0 aliphatic heterocycles. The van der Waals surface area contributed by atoms with Crippen LogP contribution in [0.25, 0.3) is 0 Å². The largest absolute Gasteiger partial charge is 0.385 e. The van der Waals surface area contributed by atoms with Crippen LogP contribution in [-0.2, 0) is 12.0 Å². The third kappa shape index (κ3) is 2.24. The highest BCUT2D eigenvalue weighted by Crippen LogP contribution is 2.44. The van der Waals surface area contributed by atoms with Gasteiger partial charge in [-0.25, -0.2) is 0 Å². The number of hydrogen-bond acceptors (Lipinski definition) is 2. The maximum absolute atomic E-state index is 11.0. The van der Waals surface area contributed by atoms with Crippen LogP contribution in [0.5, 0.6) is 0 Å². The standard InChI is InChI=1S/C17H18ClNO/c1-11-6-7-12(15(18)8-11)9-17(20)10-16(19)13-4-2-3-5-14(13)17/h2-8,16,20H,9-10,19H2,1H3. The van der Waals surface area contributed by atoms with E-state index in [1.165, 1.54) is 0 Å². The van der Waals surface area contributed by atoms with Crippen molar-refractivity contribution in [2.45, 2.75) is 31.4 Å². The molecule has 104 valence electrons. The van der Waals surface area contributed by atoms with Crippen LogP contribution in [0.3, 0.4) is 0 Å². The van der Waals surface area contributed by atoms with E-state index in [9.17, 15) is 5.11 Å². The molecule has 0 radical (unpaired) electrons. The van der Waals surface area contributed by atoms with Gasteiger partial charge in [-0.3, -0.25) is 0 Å². The zero-order chi connectivity index (χ0) is 14.3. The summed E-state index contributed by atoms with van der Waals surface area (Å²) in [5, 5.41) is 11.7. The summed E-state index contributed by atoms with van der Waals surface area (Å²) in [6.07, 6.45) is 1.04. The molecular formula is C17H18ClNO. The fraction of sp³-hybridized carbons (Fsp3) is 0.294. The highest BCUT2D eigenvalue weighted by Gasteiger charge is 2.41. The van der Waals surface area contributed by atoms with Crippen LogP contribution in [0.1, 0.15) is 34.7 Å². The van der Waals surface area contributed by atoms with Crippen molar-refractivity contribution < 1.29 is 5.11 Å². The lowest BCUT2D eigenvalue weighted by molar-refractivity contribution is 0.0342. The summed E-state index contributed by atoms with van der Waals surface area (Å²) in [6, 6.07) is 13.7. The Morgan fingerprint density at radius 1 is 1.30 bits per heavy atom. The minimum absolute atomic E-state index is 0.111. The van der Waals surface area contributed by atoms with Gasteiger partial charge in [0.25, 0.3) is 0 Å². The first-order valence-corrected chi connectivity index (χ1v) is 7.20. The third-order valence-electron chi connectivity index (χ3n) is 4.11. The van der Waals surface area contributed by atoms with E-state index in [0.29, 0.717) is 17.9 Å². The second kappa shape index (κ2) is 4.88. The van der Waals surface area contributed by atoms with Crippen molar-refractivity contribution in [3.63, 3.8) is 0 Å². The van der Waals surface area contributed by atoms with Crippen molar-refractivity contribution in [2.24, 2.45) is 5.73 Å². The van der Waals surface area contributed by atoms with Crippen molar-refractivity contribution >= 4 is 11.6 Å². The van der Waals surface area contributed by atoms with Crippen LogP contribution in [0.15, 0.2) is 42.5 Å². The second-order valence-corrected chi connectivity index (χ2v) is 6.11. The smallest absolute Gasteiger partial charge is 0.0958 e. The van der Waals surface area contributed by atoms with Gasteiger partial charge in [-0.1, -0.05) is 48.0 Å². The van der Waals surface area contributed by atoms with Crippen molar-refractivity contribution in [1.82, 2.24) is 0 Å². The Hall–Kier alpha value is -1.35. The molecule has 2 nitrogen and oxygen atoms in total. The third-order valence-corrected chi connectivity index (χ3v) is 4.46. The summed E-state index contributed by atoms with van der Waals surface area (Å²) in [4.78, 5) is 0. The Morgan fingerprint density at radius 2 is 2.05 bits per heavy atom. The zero-order valence-electron chi connectivity index (χ0n) is 11.4. The fourth-order valence-electron chi connectivity index (χ4n) is 3.11. The number of halogens is 1. The first kappa shape index (κ1) is 13.6. The molecule has 2 unspecified atom stereocenters. The van der Waals surface area contributed by atoms with E-state index in [0.717, 1.165) is 22.3 Å². The molecule has 0 amide bonds. The lowest BCUT2D eigenvalue weighted by Gasteiger charge is -2.25. The van der Waals surface area contributed by atoms with Crippen LogP contribution in [0.2, 0.25) is 5.02 Å². The second-order valence-electron chi connectivity index (χ2n) is 5.70. The normalized spacial score (nSPS) is 24.7. The molecule has 0 bridgehead atoms. The molecular weight excluding hydrogens is 270 g/mol. The monoisotopic (exact) mass is 287 g/mol. The van der Waals surface area contributed by atoms with Crippen molar-refractivity contribution in [2.75, 3.05) is 0 Å². The number of hydrogen-bond donors (Lipinski definition) is 2. The molecule has 0 saturated carbocycles. The Balaban J connectivity index is 1.98. The van der Waals surface area contributed by atoms with E-state index < -0.39 is 5.60 Å². The van der Waals surface area contributed by atoms with Gasteiger partial charge in [-0.05, 0) is 41.7 Å². The van der Waals surface area contributed by atoms with E-state index in [1.807, 2.05) is 49.4 Å². The summed E-state index contributed by atoms with van der Waals surface area (Å²) in [7, 11) is 0. The molecule has 0 aromatic heterocycles. The topological polar surface area (TPSA) is 46.2 Å². The van der Waals surface area contributed by atoms with Gasteiger partial charge in [-0.15, -0.1) is 0 Å². The number of fused-ring (bicyclic) bond motifs is 1. The fourth-order valence-corrected chi connectivity index (χ4v) is 3.41. The summed E-state index contributed by atoms with van der Waals surface area (Å²) in [6.45, 7) is 2.01. The highest BCUT2D eigenvalue weighted by molar-refractivity contribution is 6.31. The molecule has 0 heterocycles. The molecule has 3 heteroatoms. The molecule has 2 aromatic carbocycles. The Bertz CT molecular complexity index is 655. The highest BCUT2D eigenvalue weighted by atomic mass is 35.5. The first-order chi connectivity index (χ1) is 9.49. The predicted octanol–water partition coefficient (Wildman–Crippen LogP) is 3.48. The van der Waals surface area contributed by atoms with Gasteiger partial charge in [0.1, 0.15) is 0 Å². The Kier molecular flexibility index (Phi) is 3.33. The number of rotatable bonds is 2. The molecule has 20 heavy (non-hydrogen) atoms. The maximum Gasteiger partial charge on any atom is 0.0958 e. The molecule has 0 saturated heterocycles. The molecule has 2 atom stereocenters. The van der Waals surface area contributed by atoms with Gasteiger partial charge >= 0.3 is 0 Å². The van der Waals surface area contributed by atoms with Gasteiger partial charge in [0.05, 0.1) is 5.60 Å². The van der Waals surface area contributed by atoms with Crippen LogP contribution < -0.4 is 5.73 Å². The number of nitrogens with two attached hydrogens (primary N) is 1. The van der Waals surface area contributed by atoms with E-state index in [1.54, 1.807) is 0 Å². The minimum Gasteiger partial charge on any atom is -0.385 e. The lowest BCUT2D eigenvalue weighted by Crippen LogP contribution is -2.26. The van der Waals surface area contributed by atoms with Crippen LogP contribution >= 0.6 is 11.6 Å². The lowest BCUT2D eigenvalue weighted by atomic mass is 9.88. The van der Waals surface area contributed by atoms with E-state index >= 15 is 0 Å². The molecule has 0 spiro atoms. The van der Waals surface area contributed by atoms with Crippen molar-refractivity contribution in [1.29, 1.82) is 0 Å². The molecule has 2 aromatic rings. The predicted molar refractivity (Wildman–Crippen MR) is 81.8 cm³/mol. The molecule has 3 rings (SSSR count). The van der Waals surface area contributed by atoms with Crippen LogP contribution in [-0.4, -0.2) is 5.11 Å². The summed E-state index contributed by atoms with van der Waals surface area (Å²) >= 11 is 6.29. The molecule has 3 N–H and O–H groups in total. The van der Waals surface area contributed by atoms with Gasteiger partial charge in [0, 0.05) is 17.5 Å². The van der Waals surface area contributed by atoms with Gasteiger partial charge in [0.15, 0.2) is 0 Å². The summed E-state index contributed by atoms with van der Waals surface area (Å²) < 4.78 is 0. The summed E-state index contributed by atoms with van der Waals surface area (Å²) in [5.41, 5.74) is 9.28. The molecule has 1 aliphatic rings. The number of benzene rings is 2. The van der Waals surface area contributed by atoms with Crippen molar-refractivity contribution in [3.05, 3.63) is 69.7 Å². The summed E-state index contributed by atoms with van der Waals surface area (Å²) in [5.74, 6) is 0. The molecule has 1 aliphatic carbocycles. The van der Waals surface area contributed by atoms with E-state index in [-0.39, 0.29) is 6.04 Å². The SMILES string of the molecule is Cc1ccc(CC2(O)CC(N)c3ccccc32)c(Cl)c1. The average molecular weight is 288 g/mol. The van der Waals surface area contributed by atoms with Crippen LogP contribution in [0, 0.1) is 6.92 Å². The van der Waals surface area contributed by atoms with Crippen LogP contribution in [0.4, 0.5) is 0 Å². The minimum atomic E-state index is -0.922. The van der Waals surface area contributed by atoms with E-state index in [4.69, 9.17) is 17.3 Å². The zero-order valence-corrected chi connectivity index (χ0v) is 12.2. The van der Waals surface area contributed by atoms with Gasteiger partial charge in [0.2, 0.25) is 0 Å². The molecule has 0 fully saturated rings. The quantitative estimate of drug-likeness (QED) is 0.888.